The third kappa shape index (κ3) is 5.97. The summed E-state index contributed by atoms with van der Waals surface area (Å²) in [5.41, 5.74) is 15.5. The molecule has 304 valence electrons. The van der Waals surface area contributed by atoms with Crippen molar-refractivity contribution < 1.29 is 4.42 Å². The maximum absolute atomic E-state index is 6.42. The van der Waals surface area contributed by atoms with Crippen LogP contribution in [0.5, 0.6) is 0 Å². The number of aromatic nitrogens is 1. The van der Waals surface area contributed by atoms with Crippen LogP contribution in [0.3, 0.4) is 0 Å². The summed E-state index contributed by atoms with van der Waals surface area (Å²) in [6, 6.07) is 87.7. The summed E-state index contributed by atoms with van der Waals surface area (Å²) in [6.45, 7) is 0. The first-order chi connectivity index (χ1) is 32.3. The number of para-hydroxylation sites is 5. The van der Waals surface area contributed by atoms with Crippen molar-refractivity contribution >= 4 is 82.4 Å². The van der Waals surface area contributed by atoms with E-state index >= 15 is 0 Å². The first-order valence-electron chi connectivity index (χ1n) is 22.3. The minimum Gasteiger partial charge on any atom is -0.456 e. The molecule has 0 amide bonds. The highest BCUT2D eigenvalue weighted by Gasteiger charge is 2.22. The molecule has 13 rings (SSSR count). The van der Waals surface area contributed by atoms with Crippen LogP contribution in [0.4, 0.5) is 17.1 Å². The summed E-state index contributed by atoms with van der Waals surface area (Å²) in [7, 11) is 0. The second-order valence-corrected chi connectivity index (χ2v) is 16.8. The lowest BCUT2D eigenvalue weighted by molar-refractivity contribution is 0.669. The van der Waals surface area contributed by atoms with Crippen LogP contribution in [0.1, 0.15) is 0 Å². The van der Waals surface area contributed by atoms with E-state index in [1.54, 1.807) is 0 Å². The number of hydrogen-bond acceptors (Lipinski definition) is 2. The van der Waals surface area contributed by atoms with Crippen LogP contribution in [0, 0.1) is 0 Å². The van der Waals surface area contributed by atoms with Gasteiger partial charge in [0.05, 0.1) is 22.4 Å². The molecular weight excluding hydrogens is 789 g/mol. The van der Waals surface area contributed by atoms with Crippen LogP contribution in [0.2, 0.25) is 0 Å². The SMILES string of the molecule is c1ccc(N(c2ccc(-c3ccccc3-n3c4ccccc4c4ccccc43)cc2)c2ccc(-c3cc4ccccc4c4ccccc34)cc2)c(-c2cccc3oc4ccccc4c23)c1. The highest BCUT2D eigenvalue weighted by molar-refractivity contribution is 6.15. The molecule has 0 N–H and O–H groups in total. The van der Waals surface area contributed by atoms with Crippen molar-refractivity contribution in [2.75, 3.05) is 4.90 Å². The predicted octanol–water partition coefficient (Wildman–Crippen LogP) is 17.5. The zero-order valence-electron chi connectivity index (χ0n) is 35.4. The summed E-state index contributed by atoms with van der Waals surface area (Å²) in [6.07, 6.45) is 0. The molecular formula is C62H40N2O. The fraction of sp³-hybridized carbons (Fsp3) is 0. The second kappa shape index (κ2) is 15.0. The Labute approximate surface area is 376 Å². The number of furan rings is 1. The van der Waals surface area contributed by atoms with Gasteiger partial charge in [0.1, 0.15) is 11.2 Å². The van der Waals surface area contributed by atoms with Crippen molar-refractivity contribution in [1.82, 2.24) is 4.57 Å². The second-order valence-electron chi connectivity index (χ2n) is 16.8. The summed E-state index contributed by atoms with van der Waals surface area (Å²) < 4.78 is 8.83. The Bertz CT molecular complexity index is 3900. The molecule has 0 spiro atoms. The van der Waals surface area contributed by atoms with Crippen molar-refractivity contribution in [3.8, 4) is 39.1 Å². The molecule has 0 aliphatic carbocycles. The Hall–Kier alpha value is -8.66. The van der Waals surface area contributed by atoms with Crippen molar-refractivity contribution in [2.24, 2.45) is 0 Å². The Morgan fingerprint density at radius 2 is 0.831 bits per heavy atom. The topological polar surface area (TPSA) is 21.3 Å². The van der Waals surface area contributed by atoms with Gasteiger partial charge in [-0.05, 0) is 111 Å². The lowest BCUT2D eigenvalue weighted by Crippen LogP contribution is -2.11. The van der Waals surface area contributed by atoms with Gasteiger partial charge in [-0.15, -0.1) is 0 Å². The highest BCUT2D eigenvalue weighted by Crippen LogP contribution is 2.46. The van der Waals surface area contributed by atoms with Crippen molar-refractivity contribution in [1.29, 1.82) is 0 Å². The summed E-state index contributed by atoms with van der Waals surface area (Å²) in [5.74, 6) is 0. The van der Waals surface area contributed by atoms with Crippen LogP contribution in [-0.2, 0) is 0 Å². The molecule has 65 heavy (non-hydrogen) atoms. The van der Waals surface area contributed by atoms with Gasteiger partial charge in [-0.2, -0.15) is 0 Å². The Morgan fingerprint density at radius 3 is 1.55 bits per heavy atom. The molecule has 0 radical (unpaired) electrons. The highest BCUT2D eigenvalue weighted by atomic mass is 16.3. The van der Waals surface area contributed by atoms with Crippen molar-refractivity contribution in [3.63, 3.8) is 0 Å². The normalized spacial score (nSPS) is 11.7. The van der Waals surface area contributed by atoms with Gasteiger partial charge < -0.3 is 13.9 Å². The molecule has 2 heterocycles. The van der Waals surface area contributed by atoms with Gasteiger partial charge in [-0.1, -0.05) is 176 Å². The lowest BCUT2D eigenvalue weighted by Gasteiger charge is -2.28. The van der Waals surface area contributed by atoms with Gasteiger partial charge in [0, 0.05) is 44.0 Å². The average Bonchev–Trinajstić information content (AvgIpc) is 3.93. The molecule has 2 aromatic heterocycles. The maximum Gasteiger partial charge on any atom is 0.136 e. The summed E-state index contributed by atoms with van der Waals surface area (Å²) in [5, 5.41) is 9.75. The first-order valence-corrected chi connectivity index (χ1v) is 22.3. The van der Waals surface area contributed by atoms with E-state index in [1.165, 1.54) is 60.0 Å². The van der Waals surface area contributed by atoms with Crippen LogP contribution >= 0.6 is 0 Å². The molecule has 0 unspecified atom stereocenters. The number of nitrogens with zero attached hydrogens (tertiary/aromatic N) is 2. The largest absolute Gasteiger partial charge is 0.456 e. The third-order valence-corrected chi connectivity index (χ3v) is 13.2. The van der Waals surface area contributed by atoms with Crippen LogP contribution < -0.4 is 4.90 Å². The smallest absolute Gasteiger partial charge is 0.136 e. The van der Waals surface area contributed by atoms with Crippen LogP contribution in [-0.4, -0.2) is 4.57 Å². The maximum atomic E-state index is 6.42. The van der Waals surface area contributed by atoms with Crippen molar-refractivity contribution in [2.45, 2.75) is 0 Å². The molecule has 3 nitrogen and oxygen atoms in total. The Kier molecular flexibility index (Phi) is 8.53. The minimum atomic E-state index is 0.878. The molecule has 13 aromatic rings. The monoisotopic (exact) mass is 828 g/mol. The van der Waals surface area contributed by atoms with E-state index in [2.05, 4.69) is 246 Å². The molecule has 0 atom stereocenters. The lowest BCUT2D eigenvalue weighted by atomic mass is 9.93. The molecule has 0 saturated carbocycles. The van der Waals surface area contributed by atoms with E-state index < -0.39 is 0 Å². The Balaban J connectivity index is 0.980. The number of hydrogen-bond donors (Lipinski definition) is 0. The van der Waals surface area contributed by atoms with E-state index in [0.717, 1.165) is 61.4 Å². The van der Waals surface area contributed by atoms with Gasteiger partial charge >= 0.3 is 0 Å². The summed E-state index contributed by atoms with van der Waals surface area (Å²) >= 11 is 0. The van der Waals surface area contributed by atoms with Crippen molar-refractivity contribution in [3.05, 3.63) is 243 Å². The number of benzene rings is 11. The van der Waals surface area contributed by atoms with Gasteiger partial charge in [0.15, 0.2) is 0 Å². The van der Waals surface area contributed by atoms with Gasteiger partial charge in [0.2, 0.25) is 0 Å². The van der Waals surface area contributed by atoms with Gasteiger partial charge in [-0.25, -0.2) is 0 Å². The number of anilines is 3. The standard InChI is InChI=1S/C62H40N2O/c1-2-17-46-43(16-1)40-55(49-20-4-3-19-48(46)49)42-34-38-45(39-35-42)63(57-27-11-8-23-52(57)53-25-15-31-61-62(53)54-24-9-14-30-60(54)65-61)44-36-32-41(33-37-44)47-18-5-10-26-56(47)64-58-28-12-6-21-50(58)51-22-7-13-29-59(51)64/h1-40H. The fourth-order valence-electron chi connectivity index (χ4n) is 10.3. The van der Waals surface area contributed by atoms with E-state index in [4.69, 9.17) is 4.42 Å². The number of fused-ring (bicyclic) bond motifs is 9. The zero-order valence-corrected chi connectivity index (χ0v) is 35.4. The molecule has 0 saturated heterocycles. The third-order valence-electron chi connectivity index (χ3n) is 13.2. The number of rotatable bonds is 7. The average molecular weight is 829 g/mol. The molecule has 0 aliphatic heterocycles. The molecule has 0 fully saturated rings. The first kappa shape index (κ1) is 36.9. The fourth-order valence-corrected chi connectivity index (χ4v) is 10.3. The van der Waals surface area contributed by atoms with E-state index in [-0.39, 0.29) is 0 Å². The minimum absolute atomic E-state index is 0.878. The predicted molar refractivity (Wildman–Crippen MR) is 274 cm³/mol. The van der Waals surface area contributed by atoms with Crippen LogP contribution in [0.25, 0.3) is 104 Å². The summed E-state index contributed by atoms with van der Waals surface area (Å²) in [4.78, 5) is 2.40. The van der Waals surface area contributed by atoms with E-state index in [9.17, 15) is 0 Å². The van der Waals surface area contributed by atoms with E-state index in [0.29, 0.717) is 0 Å². The van der Waals surface area contributed by atoms with E-state index in [1.807, 2.05) is 6.07 Å². The van der Waals surface area contributed by atoms with Gasteiger partial charge in [-0.3, -0.25) is 0 Å². The van der Waals surface area contributed by atoms with Crippen LogP contribution in [0.15, 0.2) is 247 Å². The molecule has 11 aromatic carbocycles. The molecule has 0 bridgehead atoms. The Morgan fingerprint density at radius 1 is 0.323 bits per heavy atom. The quantitative estimate of drug-likeness (QED) is 0.149. The van der Waals surface area contributed by atoms with Gasteiger partial charge in [0.25, 0.3) is 0 Å². The molecule has 0 aliphatic rings. The zero-order chi connectivity index (χ0) is 42.8. The molecule has 3 heteroatoms.